The van der Waals surface area contributed by atoms with Crippen LogP contribution in [0.2, 0.25) is 0 Å². The number of nitrogen functional groups attached to an aromatic ring is 2. The number of aromatic nitrogens is 2. The Bertz CT molecular complexity index is 850. The van der Waals surface area contributed by atoms with Crippen LogP contribution in [0, 0.1) is 11.6 Å². The van der Waals surface area contributed by atoms with Crippen LogP contribution in [0.3, 0.4) is 0 Å². The first-order valence-corrected chi connectivity index (χ1v) is 6.93. The number of fused-ring (bicyclic) bond motifs is 1. The van der Waals surface area contributed by atoms with Gasteiger partial charge in [0.15, 0.2) is 0 Å². The van der Waals surface area contributed by atoms with Crippen LogP contribution in [0.15, 0.2) is 36.4 Å². The first-order chi connectivity index (χ1) is 11.1. The summed E-state index contributed by atoms with van der Waals surface area (Å²) in [6.07, 6.45) is 0.0879. The van der Waals surface area contributed by atoms with Crippen LogP contribution in [-0.4, -0.2) is 16.6 Å². The third-order valence-corrected chi connectivity index (χ3v) is 3.40. The largest absolute Gasteiger partial charge is 0.492 e. The highest BCUT2D eigenvalue weighted by Gasteiger charge is 2.11. The van der Waals surface area contributed by atoms with Crippen LogP contribution in [0.25, 0.3) is 10.9 Å². The van der Waals surface area contributed by atoms with E-state index in [1.54, 1.807) is 18.2 Å². The van der Waals surface area contributed by atoms with Crippen LogP contribution in [0.1, 0.15) is 5.56 Å². The number of benzene rings is 2. The van der Waals surface area contributed by atoms with Gasteiger partial charge in [-0.1, -0.05) is 12.1 Å². The summed E-state index contributed by atoms with van der Waals surface area (Å²) in [4.78, 5) is 7.98. The minimum Gasteiger partial charge on any atom is -0.492 e. The van der Waals surface area contributed by atoms with Crippen molar-refractivity contribution in [1.29, 1.82) is 0 Å². The van der Waals surface area contributed by atoms with Gasteiger partial charge in [-0.05, 0) is 24.3 Å². The highest BCUT2D eigenvalue weighted by Crippen LogP contribution is 2.29. The predicted octanol–water partition coefficient (Wildman–Crippen LogP) is 2.69. The van der Waals surface area contributed by atoms with Gasteiger partial charge in [0.25, 0.3) is 0 Å². The molecular weight excluding hydrogens is 302 g/mol. The lowest BCUT2D eigenvalue weighted by molar-refractivity contribution is 0.321. The smallest absolute Gasteiger partial charge is 0.222 e. The second-order valence-corrected chi connectivity index (χ2v) is 4.92. The first-order valence-electron chi connectivity index (χ1n) is 6.93. The molecule has 118 valence electrons. The Kier molecular flexibility index (Phi) is 3.92. The van der Waals surface area contributed by atoms with Gasteiger partial charge in [0.1, 0.15) is 23.2 Å². The van der Waals surface area contributed by atoms with Crippen molar-refractivity contribution in [3.05, 3.63) is 53.6 Å². The zero-order valence-electron chi connectivity index (χ0n) is 12.1. The van der Waals surface area contributed by atoms with Crippen molar-refractivity contribution in [2.24, 2.45) is 0 Å². The zero-order valence-corrected chi connectivity index (χ0v) is 12.1. The van der Waals surface area contributed by atoms with E-state index >= 15 is 0 Å². The van der Waals surface area contributed by atoms with Crippen LogP contribution < -0.4 is 16.2 Å². The summed E-state index contributed by atoms with van der Waals surface area (Å²) in [6.45, 7) is 0.0841. The Morgan fingerprint density at radius 1 is 0.957 bits per heavy atom. The molecule has 3 rings (SSSR count). The fourth-order valence-corrected chi connectivity index (χ4v) is 2.35. The maximum Gasteiger partial charge on any atom is 0.222 e. The number of hydrogen-bond acceptors (Lipinski definition) is 5. The van der Waals surface area contributed by atoms with E-state index in [2.05, 4.69) is 9.97 Å². The average molecular weight is 316 g/mol. The molecule has 0 aliphatic carbocycles. The molecule has 2 aromatic carbocycles. The number of halogens is 2. The molecule has 0 spiro atoms. The lowest BCUT2D eigenvalue weighted by Crippen LogP contribution is -2.07. The van der Waals surface area contributed by atoms with Crippen LogP contribution in [0.5, 0.6) is 5.75 Å². The number of nitrogens with two attached hydrogens (primary N) is 2. The van der Waals surface area contributed by atoms with Crippen LogP contribution >= 0.6 is 0 Å². The van der Waals surface area contributed by atoms with Gasteiger partial charge < -0.3 is 16.2 Å². The Hall–Kier alpha value is -2.96. The number of hydrogen-bond donors (Lipinski definition) is 2. The Morgan fingerprint density at radius 3 is 2.39 bits per heavy atom. The molecule has 0 bridgehead atoms. The van der Waals surface area contributed by atoms with Gasteiger partial charge >= 0.3 is 0 Å². The molecule has 0 aliphatic heterocycles. The second-order valence-electron chi connectivity index (χ2n) is 4.92. The molecule has 0 atom stereocenters. The zero-order chi connectivity index (χ0) is 16.4. The Balaban J connectivity index is 1.83. The minimum absolute atomic E-state index is 0.0128. The lowest BCUT2D eigenvalue weighted by atomic mass is 10.1. The van der Waals surface area contributed by atoms with E-state index in [-0.39, 0.29) is 30.4 Å². The van der Waals surface area contributed by atoms with Crippen molar-refractivity contribution < 1.29 is 13.5 Å². The van der Waals surface area contributed by atoms with Crippen molar-refractivity contribution >= 4 is 22.7 Å². The fourth-order valence-electron chi connectivity index (χ4n) is 2.35. The number of ether oxygens (including phenoxy) is 1. The van der Waals surface area contributed by atoms with Gasteiger partial charge in [-0.15, -0.1) is 0 Å². The monoisotopic (exact) mass is 316 g/mol. The predicted molar refractivity (Wildman–Crippen MR) is 83.9 cm³/mol. The van der Waals surface area contributed by atoms with Gasteiger partial charge in [-0.2, -0.15) is 4.98 Å². The summed E-state index contributed by atoms with van der Waals surface area (Å²) in [5, 5.41) is 0.524. The quantitative estimate of drug-likeness (QED) is 0.773. The van der Waals surface area contributed by atoms with Gasteiger partial charge in [-0.3, -0.25) is 0 Å². The highest BCUT2D eigenvalue weighted by molar-refractivity contribution is 5.94. The highest BCUT2D eigenvalue weighted by atomic mass is 19.1. The standard InChI is InChI=1S/C16H14F2N4O/c17-10-3-1-4-11(18)9(10)7-8-23-13-6-2-5-12-14(13)15(19)22-16(20)21-12/h1-6H,7-8H2,(H4,19,20,21,22). The molecule has 0 radical (unpaired) electrons. The minimum atomic E-state index is -0.595. The van der Waals surface area contributed by atoms with E-state index in [0.717, 1.165) is 0 Å². The van der Waals surface area contributed by atoms with E-state index in [1.807, 2.05) is 0 Å². The van der Waals surface area contributed by atoms with Crippen molar-refractivity contribution in [2.75, 3.05) is 18.1 Å². The molecule has 0 saturated carbocycles. The topological polar surface area (TPSA) is 87.0 Å². The van der Waals surface area contributed by atoms with E-state index < -0.39 is 11.6 Å². The molecule has 0 fully saturated rings. The maximum atomic E-state index is 13.6. The third-order valence-electron chi connectivity index (χ3n) is 3.40. The van der Waals surface area contributed by atoms with E-state index in [9.17, 15) is 8.78 Å². The third kappa shape index (κ3) is 2.98. The van der Waals surface area contributed by atoms with Crippen LogP contribution in [0.4, 0.5) is 20.5 Å². The fraction of sp³-hybridized carbons (Fsp3) is 0.125. The SMILES string of the molecule is Nc1nc(N)c2c(OCCc3c(F)cccc3F)cccc2n1. The molecule has 7 heteroatoms. The average Bonchev–Trinajstić information content (AvgIpc) is 2.49. The molecule has 0 aliphatic rings. The van der Waals surface area contributed by atoms with Gasteiger partial charge in [0.2, 0.25) is 5.95 Å². The Morgan fingerprint density at radius 2 is 1.65 bits per heavy atom. The van der Waals surface area contributed by atoms with Crippen LogP contribution in [-0.2, 0) is 6.42 Å². The van der Waals surface area contributed by atoms with Gasteiger partial charge in [0.05, 0.1) is 17.5 Å². The molecule has 0 unspecified atom stereocenters. The molecule has 23 heavy (non-hydrogen) atoms. The maximum absolute atomic E-state index is 13.6. The van der Waals surface area contributed by atoms with E-state index in [4.69, 9.17) is 16.2 Å². The number of anilines is 2. The normalized spacial score (nSPS) is 10.9. The van der Waals surface area contributed by atoms with Crippen molar-refractivity contribution in [2.45, 2.75) is 6.42 Å². The Labute approximate surface area is 130 Å². The van der Waals surface area contributed by atoms with E-state index in [1.165, 1.54) is 18.2 Å². The molecule has 0 amide bonds. The summed E-state index contributed by atoms with van der Waals surface area (Å²) >= 11 is 0. The summed E-state index contributed by atoms with van der Waals surface area (Å²) in [7, 11) is 0. The summed E-state index contributed by atoms with van der Waals surface area (Å²) in [5.41, 5.74) is 11.9. The van der Waals surface area contributed by atoms with Gasteiger partial charge in [0, 0.05) is 12.0 Å². The summed E-state index contributed by atoms with van der Waals surface area (Å²) in [6, 6.07) is 8.90. The van der Waals surface area contributed by atoms with E-state index in [0.29, 0.717) is 16.7 Å². The molecule has 0 saturated heterocycles. The van der Waals surface area contributed by atoms with Crippen molar-refractivity contribution in [1.82, 2.24) is 9.97 Å². The molecule has 1 aromatic heterocycles. The molecule has 1 heterocycles. The first kappa shape index (κ1) is 15.0. The lowest BCUT2D eigenvalue weighted by Gasteiger charge is -2.11. The summed E-state index contributed by atoms with van der Waals surface area (Å²) in [5.74, 6) is -0.484. The molecular formula is C16H14F2N4O. The number of rotatable bonds is 4. The number of nitrogens with zero attached hydrogens (tertiary/aromatic N) is 2. The van der Waals surface area contributed by atoms with Crippen molar-refractivity contribution in [3.63, 3.8) is 0 Å². The van der Waals surface area contributed by atoms with Gasteiger partial charge in [-0.25, -0.2) is 13.8 Å². The molecule has 3 aromatic rings. The molecule has 5 nitrogen and oxygen atoms in total. The van der Waals surface area contributed by atoms with Crippen molar-refractivity contribution in [3.8, 4) is 5.75 Å². The molecule has 4 N–H and O–H groups in total. The second kappa shape index (κ2) is 6.04. The summed E-state index contributed by atoms with van der Waals surface area (Å²) < 4.78 is 32.8.